The third-order valence-electron chi connectivity index (χ3n) is 3.98. The monoisotopic (exact) mass is 343 g/mol. The average molecular weight is 343 g/mol. The van der Waals surface area contributed by atoms with Gasteiger partial charge in [0.25, 0.3) is 0 Å². The largest absolute Gasteiger partial charge is 0.324 e. The number of hydrogen-bond donors (Lipinski definition) is 1. The molecule has 2 rings (SSSR count). The normalized spacial score (nSPS) is 31.2. The summed E-state index contributed by atoms with van der Waals surface area (Å²) in [4.78, 5) is 0. The minimum absolute atomic E-state index is 0.220. The molecule has 94 valence electrons. The molecular formula is C15H22IN. The summed E-state index contributed by atoms with van der Waals surface area (Å²) < 4.78 is 1.28. The fraction of sp³-hybridized carbons (Fsp3) is 0.600. The number of rotatable bonds is 2. The summed E-state index contributed by atoms with van der Waals surface area (Å²) in [5, 5.41) is 0. The van der Waals surface area contributed by atoms with Gasteiger partial charge in [-0.1, -0.05) is 26.0 Å². The molecule has 1 saturated carbocycles. The van der Waals surface area contributed by atoms with Crippen LogP contribution in [0.3, 0.4) is 0 Å². The minimum atomic E-state index is 0.220. The first-order chi connectivity index (χ1) is 8.06. The Hall–Kier alpha value is -0.0900. The molecule has 0 spiro atoms. The van der Waals surface area contributed by atoms with Crippen molar-refractivity contribution in [3.8, 4) is 0 Å². The van der Waals surface area contributed by atoms with Gasteiger partial charge in [-0.15, -0.1) is 0 Å². The SMILES string of the molecule is CC1CC(C)CC(C(N)c2ccc(I)cc2)C1. The first-order valence-electron chi connectivity index (χ1n) is 6.57. The van der Waals surface area contributed by atoms with Gasteiger partial charge in [0.1, 0.15) is 0 Å². The van der Waals surface area contributed by atoms with E-state index in [0.29, 0.717) is 5.92 Å². The Morgan fingerprint density at radius 1 is 1.06 bits per heavy atom. The van der Waals surface area contributed by atoms with Crippen molar-refractivity contribution < 1.29 is 0 Å². The lowest BCUT2D eigenvalue weighted by molar-refractivity contribution is 0.193. The molecule has 0 aromatic heterocycles. The third-order valence-corrected chi connectivity index (χ3v) is 4.70. The van der Waals surface area contributed by atoms with E-state index >= 15 is 0 Å². The van der Waals surface area contributed by atoms with Gasteiger partial charge in [0.05, 0.1) is 0 Å². The van der Waals surface area contributed by atoms with Gasteiger partial charge in [-0.3, -0.25) is 0 Å². The van der Waals surface area contributed by atoms with Crippen LogP contribution in [-0.4, -0.2) is 0 Å². The number of hydrogen-bond acceptors (Lipinski definition) is 1. The molecule has 0 saturated heterocycles. The quantitative estimate of drug-likeness (QED) is 0.793. The van der Waals surface area contributed by atoms with Gasteiger partial charge in [-0.2, -0.15) is 0 Å². The average Bonchev–Trinajstić information content (AvgIpc) is 2.28. The maximum atomic E-state index is 6.44. The Balaban J connectivity index is 2.08. The second-order valence-corrected chi connectivity index (χ2v) is 7.00. The van der Waals surface area contributed by atoms with Crippen LogP contribution >= 0.6 is 22.6 Å². The Morgan fingerprint density at radius 3 is 2.12 bits per heavy atom. The van der Waals surface area contributed by atoms with Crippen molar-refractivity contribution >= 4 is 22.6 Å². The van der Waals surface area contributed by atoms with E-state index in [1.807, 2.05) is 0 Å². The van der Waals surface area contributed by atoms with E-state index in [9.17, 15) is 0 Å². The van der Waals surface area contributed by atoms with Crippen LogP contribution in [0.4, 0.5) is 0 Å². The summed E-state index contributed by atoms with van der Waals surface area (Å²) in [5.41, 5.74) is 7.74. The molecule has 2 N–H and O–H groups in total. The molecule has 1 aromatic carbocycles. The molecule has 2 heteroatoms. The van der Waals surface area contributed by atoms with Crippen LogP contribution < -0.4 is 5.73 Å². The minimum Gasteiger partial charge on any atom is -0.324 e. The van der Waals surface area contributed by atoms with Crippen molar-refractivity contribution in [2.75, 3.05) is 0 Å². The second kappa shape index (κ2) is 5.70. The van der Waals surface area contributed by atoms with Crippen molar-refractivity contribution in [2.45, 2.75) is 39.2 Å². The van der Waals surface area contributed by atoms with E-state index in [2.05, 4.69) is 60.7 Å². The van der Waals surface area contributed by atoms with Crippen molar-refractivity contribution in [1.29, 1.82) is 0 Å². The summed E-state index contributed by atoms with van der Waals surface area (Å²) in [7, 11) is 0. The molecule has 0 amide bonds. The van der Waals surface area contributed by atoms with Crippen molar-refractivity contribution in [3.05, 3.63) is 33.4 Å². The van der Waals surface area contributed by atoms with Crippen LogP contribution in [0.5, 0.6) is 0 Å². The molecule has 17 heavy (non-hydrogen) atoms. The van der Waals surface area contributed by atoms with Crippen LogP contribution in [0, 0.1) is 21.3 Å². The predicted octanol–water partition coefficient (Wildman–Crippen LogP) is 4.36. The van der Waals surface area contributed by atoms with Gasteiger partial charge < -0.3 is 5.73 Å². The van der Waals surface area contributed by atoms with E-state index in [-0.39, 0.29) is 6.04 Å². The second-order valence-electron chi connectivity index (χ2n) is 5.75. The van der Waals surface area contributed by atoms with E-state index in [1.165, 1.54) is 28.4 Å². The molecule has 1 fully saturated rings. The molecule has 1 nitrogen and oxygen atoms in total. The highest BCUT2D eigenvalue weighted by Crippen LogP contribution is 2.38. The zero-order valence-electron chi connectivity index (χ0n) is 10.7. The first kappa shape index (κ1) is 13.3. The van der Waals surface area contributed by atoms with Crippen LogP contribution in [0.15, 0.2) is 24.3 Å². The lowest BCUT2D eigenvalue weighted by Gasteiger charge is -2.35. The Morgan fingerprint density at radius 2 is 1.59 bits per heavy atom. The summed E-state index contributed by atoms with van der Waals surface area (Å²) in [5.74, 6) is 2.33. The Labute approximate surface area is 118 Å². The highest BCUT2D eigenvalue weighted by molar-refractivity contribution is 14.1. The molecule has 3 atom stereocenters. The fourth-order valence-electron chi connectivity index (χ4n) is 3.26. The zero-order valence-corrected chi connectivity index (χ0v) is 12.9. The molecule has 0 bridgehead atoms. The summed E-state index contributed by atoms with van der Waals surface area (Å²) in [6.45, 7) is 4.73. The topological polar surface area (TPSA) is 26.0 Å². The molecule has 0 radical (unpaired) electrons. The highest BCUT2D eigenvalue weighted by atomic mass is 127. The number of halogens is 1. The number of benzene rings is 1. The molecule has 0 heterocycles. The fourth-order valence-corrected chi connectivity index (χ4v) is 3.62. The maximum absolute atomic E-state index is 6.44. The van der Waals surface area contributed by atoms with E-state index in [4.69, 9.17) is 5.73 Å². The van der Waals surface area contributed by atoms with Crippen molar-refractivity contribution in [2.24, 2.45) is 23.5 Å². The molecule has 3 unspecified atom stereocenters. The van der Waals surface area contributed by atoms with Crippen molar-refractivity contribution in [1.82, 2.24) is 0 Å². The zero-order chi connectivity index (χ0) is 12.4. The highest BCUT2D eigenvalue weighted by Gasteiger charge is 2.28. The van der Waals surface area contributed by atoms with E-state index < -0.39 is 0 Å². The van der Waals surface area contributed by atoms with Gasteiger partial charge in [0.2, 0.25) is 0 Å². The molecule has 1 aliphatic carbocycles. The molecular weight excluding hydrogens is 321 g/mol. The third kappa shape index (κ3) is 3.44. The Bertz CT molecular complexity index is 350. The molecule has 0 aliphatic heterocycles. The summed E-state index contributed by atoms with van der Waals surface area (Å²) in [6, 6.07) is 8.92. The van der Waals surface area contributed by atoms with Crippen LogP contribution in [0.25, 0.3) is 0 Å². The summed E-state index contributed by atoms with van der Waals surface area (Å²) >= 11 is 2.34. The van der Waals surface area contributed by atoms with Gasteiger partial charge in [-0.05, 0) is 77.3 Å². The van der Waals surface area contributed by atoms with Crippen LogP contribution in [0.2, 0.25) is 0 Å². The van der Waals surface area contributed by atoms with Gasteiger partial charge in [-0.25, -0.2) is 0 Å². The van der Waals surface area contributed by atoms with Gasteiger partial charge in [0.15, 0.2) is 0 Å². The van der Waals surface area contributed by atoms with Crippen LogP contribution in [0.1, 0.15) is 44.7 Å². The van der Waals surface area contributed by atoms with Crippen molar-refractivity contribution in [3.63, 3.8) is 0 Å². The maximum Gasteiger partial charge on any atom is 0.0323 e. The predicted molar refractivity (Wildman–Crippen MR) is 81.8 cm³/mol. The molecule has 1 aliphatic rings. The van der Waals surface area contributed by atoms with Gasteiger partial charge in [0, 0.05) is 9.61 Å². The van der Waals surface area contributed by atoms with E-state index in [1.54, 1.807) is 0 Å². The molecule has 1 aromatic rings. The standard InChI is InChI=1S/C15H22IN/c1-10-7-11(2)9-13(8-10)15(17)12-3-5-14(16)6-4-12/h3-6,10-11,13,15H,7-9,17H2,1-2H3. The van der Waals surface area contributed by atoms with E-state index in [0.717, 1.165) is 11.8 Å². The number of nitrogens with two attached hydrogens (primary N) is 1. The first-order valence-corrected chi connectivity index (χ1v) is 7.65. The lowest BCUT2D eigenvalue weighted by atomic mass is 9.73. The summed E-state index contributed by atoms with van der Waals surface area (Å²) in [6.07, 6.45) is 3.95. The van der Waals surface area contributed by atoms with Gasteiger partial charge >= 0.3 is 0 Å². The van der Waals surface area contributed by atoms with Crippen LogP contribution in [-0.2, 0) is 0 Å². The lowest BCUT2D eigenvalue weighted by Crippen LogP contribution is -2.29. The smallest absolute Gasteiger partial charge is 0.0323 e. The Kier molecular flexibility index (Phi) is 4.47.